The lowest BCUT2D eigenvalue weighted by molar-refractivity contribution is 0.0696. The molecule has 0 radical (unpaired) electrons. The highest BCUT2D eigenvalue weighted by Crippen LogP contribution is 2.26. The lowest BCUT2D eigenvalue weighted by Gasteiger charge is -2.10. The van der Waals surface area contributed by atoms with Crippen LogP contribution in [-0.2, 0) is 6.42 Å². The lowest BCUT2D eigenvalue weighted by Crippen LogP contribution is -2.01. The molecule has 0 saturated heterocycles. The van der Waals surface area contributed by atoms with Crippen molar-refractivity contribution in [3.63, 3.8) is 0 Å². The fourth-order valence-corrected chi connectivity index (χ4v) is 1.92. The first-order valence-electron chi connectivity index (χ1n) is 6.78. The molecule has 0 aliphatic rings. The molecule has 4 nitrogen and oxygen atoms in total. The second-order valence-electron chi connectivity index (χ2n) is 4.48. The molecule has 0 atom stereocenters. The first-order chi connectivity index (χ1) is 10.1. The predicted octanol–water partition coefficient (Wildman–Crippen LogP) is 4.17. The Morgan fingerprint density at radius 3 is 2.76 bits per heavy atom. The molecule has 0 fully saturated rings. The molecule has 0 unspecified atom stereocenters. The van der Waals surface area contributed by atoms with E-state index in [1.165, 1.54) is 6.07 Å². The molecule has 1 heterocycles. The zero-order valence-electron chi connectivity index (χ0n) is 12.0. The van der Waals surface area contributed by atoms with Crippen LogP contribution in [0.15, 0.2) is 42.5 Å². The van der Waals surface area contributed by atoms with Gasteiger partial charge in [-0.15, -0.1) is 0 Å². The first kappa shape index (κ1) is 14.8. The van der Waals surface area contributed by atoms with Crippen molar-refractivity contribution in [1.29, 1.82) is 0 Å². The van der Waals surface area contributed by atoms with Crippen LogP contribution in [0.25, 0.3) is 6.08 Å². The third-order valence-corrected chi connectivity index (χ3v) is 2.94. The number of allylic oxidation sites excluding steroid dienone is 1. The van der Waals surface area contributed by atoms with Gasteiger partial charge >= 0.3 is 5.97 Å². The molecule has 2 rings (SSSR count). The lowest BCUT2D eigenvalue weighted by atomic mass is 10.2. The zero-order valence-corrected chi connectivity index (χ0v) is 12.0. The van der Waals surface area contributed by atoms with Crippen molar-refractivity contribution in [3.8, 4) is 11.6 Å². The van der Waals surface area contributed by atoms with Crippen LogP contribution in [0.5, 0.6) is 11.6 Å². The van der Waals surface area contributed by atoms with Gasteiger partial charge in [-0.3, -0.25) is 0 Å². The molecule has 0 aliphatic carbocycles. The Morgan fingerprint density at radius 1 is 1.33 bits per heavy atom. The highest BCUT2D eigenvalue weighted by Gasteiger charge is 2.10. The van der Waals surface area contributed by atoms with Crippen molar-refractivity contribution in [2.24, 2.45) is 0 Å². The maximum Gasteiger partial charge on any atom is 0.335 e. The SMILES string of the molecule is C/C=C/c1ccccc1Oc1cc(C(=O)O)cc(CC)n1. The zero-order chi connectivity index (χ0) is 15.2. The normalized spacial score (nSPS) is 10.8. The number of carboxylic acids is 1. The van der Waals surface area contributed by atoms with E-state index in [0.717, 1.165) is 5.56 Å². The molecule has 2 aromatic rings. The predicted molar refractivity (Wildman–Crippen MR) is 81.8 cm³/mol. The maximum absolute atomic E-state index is 11.1. The minimum Gasteiger partial charge on any atom is -0.478 e. The third kappa shape index (κ3) is 3.69. The van der Waals surface area contributed by atoms with Gasteiger partial charge in [-0.2, -0.15) is 0 Å². The van der Waals surface area contributed by atoms with Gasteiger partial charge in [0, 0.05) is 17.3 Å². The van der Waals surface area contributed by atoms with E-state index in [1.54, 1.807) is 6.07 Å². The third-order valence-electron chi connectivity index (χ3n) is 2.94. The number of benzene rings is 1. The van der Waals surface area contributed by atoms with E-state index in [1.807, 2.05) is 50.3 Å². The number of carboxylic acid groups (broad SMARTS) is 1. The van der Waals surface area contributed by atoms with Crippen LogP contribution in [0.4, 0.5) is 0 Å². The van der Waals surface area contributed by atoms with Gasteiger partial charge in [-0.05, 0) is 25.5 Å². The van der Waals surface area contributed by atoms with Gasteiger partial charge in [0.25, 0.3) is 0 Å². The fraction of sp³-hybridized carbons (Fsp3) is 0.176. The Hall–Kier alpha value is -2.62. The summed E-state index contributed by atoms with van der Waals surface area (Å²) >= 11 is 0. The highest BCUT2D eigenvalue weighted by molar-refractivity contribution is 5.88. The monoisotopic (exact) mass is 283 g/mol. The summed E-state index contributed by atoms with van der Waals surface area (Å²) in [4.78, 5) is 15.5. The van der Waals surface area contributed by atoms with Crippen LogP contribution in [-0.4, -0.2) is 16.1 Å². The first-order valence-corrected chi connectivity index (χ1v) is 6.78. The number of aryl methyl sites for hydroxylation is 1. The summed E-state index contributed by atoms with van der Waals surface area (Å²) < 4.78 is 5.77. The number of hydrogen-bond donors (Lipinski definition) is 1. The molecule has 0 saturated carbocycles. The molecule has 0 amide bonds. The highest BCUT2D eigenvalue weighted by atomic mass is 16.5. The van der Waals surface area contributed by atoms with Gasteiger partial charge in [0.05, 0.1) is 5.56 Å². The van der Waals surface area contributed by atoms with Crippen LogP contribution < -0.4 is 4.74 Å². The Bertz CT molecular complexity index is 677. The Labute approximate surface area is 123 Å². The summed E-state index contributed by atoms with van der Waals surface area (Å²) in [6.07, 6.45) is 4.49. The number of aromatic nitrogens is 1. The molecule has 21 heavy (non-hydrogen) atoms. The molecular formula is C17H17NO3. The van der Waals surface area contributed by atoms with E-state index in [2.05, 4.69) is 4.98 Å². The smallest absolute Gasteiger partial charge is 0.335 e. The summed E-state index contributed by atoms with van der Waals surface area (Å²) in [7, 11) is 0. The maximum atomic E-state index is 11.1. The van der Waals surface area contributed by atoms with Crippen LogP contribution in [0, 0.1) is 0 Å². The van der Waals surface area contributed by atoms with Crippen molar-refractivity contribution >= 4 is 12.0 Å². The molecule has 0 bridgehead atoms. The Balaban J connectivity index is 2.39. The number of aromatic carboxylic acids is 1. The molecule has 108 valence electrons. The average molecular weight is 283 g/mol. The van der Waals surface area contributed by atoms with Crippen molar-refractivity contribution in [2.45, 2.75) is 20.3 Å². The van der Waals surface area contributed by atoms with E-state index in [0.29, 0.717) is 23.7 Å². The standard InChI is InChI=1S/C17H17NO3/c1-3-7-12-8-5-6-9-15(12)21-16-11-13(17(19)20)10-14(4-2)18-16/h3,5-11H,4H2,1-2H3,(H,19,20)/b7-3+. The van der Waals surface area contributed by atoms with Crippen LogP contribution in [0.2, 0.25) is 0 Å². The van der Waals surface area contributed by atoms with Crippen molar-refractivity contribution in [2.75, 3.05) is 0 Å². The van der Waals surface area contributed by atoms with Gasteiger partial charge < -0.3 is 9.84 Å². The number of carbonyl (C=O) groups is 1. The van der Waals surface area contributed by atoms with Crippen molar-refractivity contribution < 1.29 is 14.6 Å². The van der Waals surface area contributed by atoms with Crippen molar-refractivity contribution in [3.05, 3.63) is 59.3 Å². The molecule has 0 aliphatic heterocycles. The van der Waals surface area contributed by atoms with E-state index in [9.17, 15) is 4.79 Å². The van der Waals surface area contributed by atoms with Crippen LogP contribution >= 0.6 is 0 Å². The van der Waals surface area contributed by atoms with Gasteiger partial charge in [-0.25, -0.2) is 9.78 Å². The van der Waals surface area contributed by atoms with Gasteiger partial charge in [0.15, 0.2) is 0 Å². The molecule has 1 aromatic carbocycles. The number of ether oxygens (including phenoxy) is 1. The van der Waals surface area contributed by atoms with Gasteiger partial charge in [0.2, 0.25) is 5.88 Å². The average Bonchev–Trinajstić information content (AvgIpc) is 2.49. The van der Waals surface area contributed by atoms with Crippen molar-refractivity contribution in [1.82, 2.24) is 4.98 Å². The van der Waals surface area contributed by atoms with E-state index < -0.39 is 5.97 Å². The number of rotatable bonds is 5. The number of hydrogen-bond acceptors (Lipinski definition) is 3. The quantitative estimate of drug-likeness (QED) is 0.894. The van der Waals surface area contributed by atoms with Gasteiger partial charge in [-0.1, -0.05) is 37.3 Å². The summed E-state index contributed by atoms with van der Waals surface area (Å²) in [6, 6.07) is 10.5. The molecule has 1 N–H and O–H groups in total. The summed E-state index contributed by atoms with van der Waals surface area (Å²) in [5.74, 6) is -0.0462. The summed E-state index contributed by atoms with van der Waals surface area (Å²) in [5.41, 5.74) is 1.79. The summed E-state index contributed by atoms with van der Waals surface area (Å²) in [6.45, 7) is 3.85. The molecular weight excluding hydrogens is 266 g/mol. The second kappa shape index (κ2) is 6.70. The Kier molecular flexibility index (Phi) is 4.72. The minimum absolute atomic E-state index is 0.181. The van der Waals surface area contributed by atoms with Crippen LogP contribution in [0.3, 0.4) is 0 Å². The Morgan fingerprint density at radius 2 is 2.10 bits per heavy atom. The summed E-state index contributed by atoms with van der Waals surface area (Å²) in [5, 5.41) is 9.14. The topological polar surface area (TPSA) is 59.4 Å². The number of pyridine rings is 1. The number of nitrogens with zero attached hydrogens (tertiary/aromatic N) is 1. The minimum atomic E-state index is -0.987. The molecule has 0 spiro atoms. The fourth-order valence-electron chi connectivity index (χ4n) is 1.92. The second-order valence-corrected chi connectivity index (χ2v) is 4.48. The van der Waals surface area contributed by atoms with Gasteiger partial charge in [0.1, 0.15) is 5.75 Å². The van der Waals surface area contributed by atoms with E-state index >= 15 is 0 Å². The molecule has 1 aromatic heterocycles. The largest absolute Gasteiger partial charge is 0.478 e. The molecule has 4 heteroatoms. The van der Waals surface area contributed by atoms with E-state index in [-0.39, 0.29) is 5.56 Å². The number of para-hydroxylation sites is 1. The van der Waals surface area contributed by atoms with Crippen LogP contribution in [0.1, 0.15) is 35.5 Å². The van der Waals surface area contributed by atoms with E-state index in [4.69, 9.17) is 9.84 Å².